The van der Waals surface area contributed by atoms with Crippen LogP contribution in [0.3, 0.4) is 0 Å². The van der Waals surface area contributed by atoms with Crippen molar-refractivity contribution in [2.24, 2.45) is 5.92 Å². The summed E-state index contributed by atoms with van der Waals surface area (Å²) in [5.41, 5.74) is 3.81. The fraction of sp³-hybridized carbons (Fsp3) is 0.280. The van der Waals surface area contributed by atoms with Crippen molar-refractivity contribution >= 4 is 34.5 Å². The molecule has 0 saturated carbocycles. The van der Waals surface area contributed by atoms with Gasteiger partial charge >= 0.3 is 0 Å². The van der Waals surface area contributed by atoms with Gasteiger partial charge in [0.15, 0.2) is 0 Å². The first-order valence-corrected chi connectivity index (χ1v) is 11.2. The molecule has 0 bridgehead atoms. The summed E-state index contributed by atoms with van der Waals surface area (Å²) in [6.07, 6.45) is 0. The van der Waals surface area contributed by atoms with Gasteiger partial charge < -0.3 is 15.1 Å². The maximum absolute atomic E-state index is 13.0. The number of nitrogens with one attached hydrogen (secondary N) is 1. The Labute approximate surface area is 188 Å². The second-order valence-corrected chi connectivity index (χ2v) is 8.95. The summed E-state index contributed by atoms with van der Waals surface area (Å²) in [6, 6.07) is 19.5. The molecule has 0 fully saturated rings. The van der Waals surface area contributed by atoms with E-state index < -0.39 is 0 Å². The topological polar surface area (TPSA) is 52.7 Å². The number of nitrogens with zero attached hydrogens (tertiary/aromatic N) is 2. The Morgan fingerprint density at radius 2 is 1.71 bits per heavy atom. The van der Waals surface area contributed by atoms with E-state index in [1.807, 2.05) is 97.7 Å². The molecule has 3 aromatic rings. The molecule has 3 rings (SSSR count). The van der Waals surface area contributed by atoms with Crippen molar-refractivity contribution < 1.29 is 9.59 Å². The van der Waals surface area contributed by atoms with Gasteiger partial charge in [-0.15, -0.1) is 11.3 Å². The van der Waals surface area contributed by atoms with Gasteiger partial charge in [-0.1, -0.05) is 50.2 Å². The average molecular weight is 436 g/mol. The highest BCUT2D eigenvalue weighted by Crippen LogP contribution is 2.26. The van der Waals surface area contributed by atoms with Crippen molar-refractivity contribution in [3.8, 4) is 0 Å². The Hall–Kier alpha value is -3.12. The average Bonchev–Trinajstić information content (AvgIpc) is 3.28. The van der Waals surface area contributed by atoms with Crippen molar-refractivity contribution in [3.05, 3.63) is 82.0 Å². The third-order valence-corrected chi connectivity index (χ3v) is 5.82. The third kappa shape index (κ3) is 5.95. The van der Waals surface area contributed by atoms with Gasteiger partial charge in [-0.25, -0.2) is 0 Å². The molecule has 2 amide bonds. The van der Waals surface area contributed by atoms with Gasteiger partial charge in [0, 0.05) is 44.5 Å². The van der Waals surface area contributed by atoms with E-state index in [0.717, 1.165) is 22.5 Å². The second-order valence-electron chi connectivity index (χ2n) is 8.00. The lowest BCUT2D eigenvalue weighted by atomic mass is 10.1. The molecule has 0 radical (unpaired) electrons. The van der Waals surface area contributed by atoms with Crippen LogP contribution < -0.4 is 10.2 Å². The summed E-state index contributed by atoms with van der Waals surface area (Å²) in [6.45, 7) is 4.84. The number of hydrogen-bond acceptors (Lipinski definition) is 4. The van der Waals surface area contributed by atoms with Crippen molar-refractivity contribution in [1.29, 1.82) is 0 Å². The molecule has 0 atom stereocenters. The zero-order valence-electron chi connectivity index (χ0n) is 18.5. The van der Waals surface area contributed by atoms with E-state index in [2.05, 4.69) is 5.32 Å². The molecular weight excluding hydrogens is 406 g/mol. The van der Waals surface area contributed by atoms with Gasteiger partial charge in [-0.2, -0.15) is 0 Å². The molecule has 0 aliphatic rings. The molecule has 5 nitrogen and oxygen atoms in total. The standard InChI is InChI=1S/C25H29N3O2S/c1-18(2)25(30)28(16-19-9-6-5-7-10-19)17-20-15-21(12-13-22(20)27(3)4)26-24(29)23-11-8-14-31-23/h5-15,18H,16-17H2,1-4H3,(H,26,29). The smallest absolute Gasteiger partial charge is 0.265 e. The molecule has 0 unspecified atom stereocenters. The van der Waals surface area contributed by atoms with E-state index in [0.29, 0.717) is 18.0 Å². The Bertz CT molecular complexity index is 1010. The molecule has 1 heterocycles. The maximum Gasteiger partial charge on any atom is 0.265 e. The minimum absolute atomic E-state index is 0.0987. The molecule has 6 heteroatoms. The highest BCUT2D eigenvalue weighted by atomic mass is 32.1. The number of carbonyl (C=O) groups excluding carboxylic acids is 2. The SMILES string of the molecule is CC(C)C(=O)N(Cc1ccccc1)Cc1cc(NC(=O)c2cccs2)ccc1N(C)C. The Morgan fingerprint density at radius 3 is 2.32 bits per heavy atom. The van der Waals surface area contributed by atoms with Crippen LogP contribution in [0.15, 0.2) is 66.0 Å². The van der Waals surface area contributed by atoms with E-state index in [4.69, 9.17) is 0 Å². The number of thiophene rings is 1. The van der Waals surface area contributed by atoms with E-state index in [9.17, 15) is 9.59 Å². The number of carbonyl (C=O) groups is 2. The normalized spacial score (nSPS) is 10.7. The molecule has 1 aromatic heterocycles. The van der Waals surface area contributed by atoms with E-state index in [1.165, 1.54) is 11.3 Å². The molecule has 1 N–H and O–H groups in total. The summed E-state index contributed by atoms with van der Waals surface area (Å²) in [5, 5.41) is 4.86. The van der Waals surface area contributed by atoms with Crippen molar-refractivity contribution in [2.75, 3.05) is 24.3 Å². The van der Waals surface area contributed by atoms with E-state index >= 15 is 0 Å². The minimum Gasteiger partial charge on any atom is -0.377 e. The van der Waals surface area contributed by atoms with Crippen LogP contribution in [-0.4, -0.2) is 30.8 Å². The van der Waals surface area contributed by atoms with Crippen LogP contribution in [-0.2, 0) is 17.9 Å². The van der Waals surface area contributed by atoms with Gasteiger partial charge in [0.05, 0.1) is 4.88 Å². The summed E-state index contributed by atoms with van der Waals surface area (Å²) in [7, 11) is 3.96. The molecule has 31 heavy (non-hydrogen) atoms. The van der Waals surface area contributed by atoms with Crippen LogP contribution in [0.5, 0.6) is 0 Å². The first-order valence-electron chi connectivity index (χ1n) is 10.3. The predicted octanol–water partition coefficient (Wildman–Crippen LogP) is 5.25. The Kier molecular flexibility index (Phi) is 7.47. The lowest BCUT2D eigenvalue weighted by Gasteiger charge is -2.28. The Morgan fingerprint density at radius 1 is 0.968 bits per heavy atom. The van der Waals surface area contributed by atoms with Gasteiger partial charge in [0.25, 0.3) is 5.91 Å². The first-order chi connectivity index (χ1) is 14.8. The summed E-state index contributed by atoms with van der Waals surface area (Å²) in [4.78, 5) is 30.1. The Balaban J connectivity index is 1.89. The molecule has 162 valence electrons. The van der Waals surface area contributed by atoms with Gasteiger partial charge in [-0.3, -0.25) is 9.59 Å². The van der Waals surface area contributed by atoms with Crippen molar-refractivity contribution in [2.45, 2.75) is 26.9 Å². The number of amides is 2. The monoisotopic (exact) mass is 435 g/mol. The van der Waals surface area contributed by atoms with Crippen LogP contribution in [0, 0.1) is 5.92 Å². The summed E-state index contributed by atoms with van der Waals surface area (Å²) >= 11 is 1.41. The molecule has 0 saturated heterocycles. The molecule has 0 aliphatic heterocycles. The highest BCUT2D eigenvalue weighted by Gasteiger charge is 2.20. The zero-order chi connectivity index (χ0) is 22.4. The maximum atomic E-state index is 13.0. The molecule has 0 spiro atoms. The second kappa shape index (κ2) is 10.3. The van der Waals surface area contributed by atoms with Crippen LogP contribution >= 0.6 is 11.3 Å². The number of hydrogen-bond donors (Lipinski definition) is 1. The zero-order valence-corrected chi connectivity index (χ0v) is 19.3. The lowest BCUT2D eigenvalue weighted by Crippen LogP contribution is -2.34. The molecule has 2 aromatic carbocycles. The van der Waals surface area contributed by atoms with Crippen LogP contribution in [0.25, 0.3) is 0 Å². The van der Waals surface area contributed by atoms with Crippen molar-refractivity contribution in [3.63, 3.8) is 0 Å². The van der Waals surface area contributed by atoms with Crippen LogP contribution in [0.2, 0.25) is 0 Å². The lowest BCUT2D eigenvalue weighted by molar-refractivity contribution is -0.135. The predicted molar refractivity (Wildman–Crippen MR) is 129 cm³/mol. The van der Waals surface area contributed by atoms with Gasteiger partial charge in [-0.05, 0) is 40.8 Å². The third-order valence-electron chi connectivity index (χ3n) is 4.95. The summed E-state index contributed by atoms with van der Waals surface area (Å²) < 4.78 is 0. The largest absolute Gasteiger partial charge is 0.377 e. The fourth-order valence-electron chi connectivity index (χ4n) is 3.41. The number of benzene rings is 2. The van der Waals surface area contributed by atoms with E-state index in [1.54, 1.807) is 6.07 Å². The van der Waals surface area contributed by atoms with Gasteiger partial charge in [0.2, 0.25) is 5.91 Å². The van der Waals surface area contributed by atoms with Crippen LogP contribution in [0.4, 0.5) is 11.4 Å². The fourth-order valence-corrected chi connectivity index (χ4v) is 4.03. The first kappa shape index (κ1) is 22.6. The van der Waals surface area contributed by atoms with Crippen molar-refractivity contribution in [1.82, 2.24) is 4.90 Å². The number of anilines is 2. The number of rotatable bonds is 8. The minimum atomic E-state index is -0.127. The quantitative estimate of drug-likeness (QED) is 0.526. The van der Waals surface area contributed by atoms with E-state index in [-0.39, 0.29) is 17.7 Å². The molecule has 0 aliphatic carbocycles. The van der Waals surface area contributed by atoms with Crippen LogP contribution in [0.1, 0.15) is 34.6 Å². The molecular formula is C25H29N3O2S. The highest BCUT2D eigenvalue weighted by molar-refractivity contribution is 7.12. The summed E-state index contributed by atoms with van der Waals surface area (Å²) in [5.74, 6) is -0.132. The van der Waals surface area contributed by atoms with Gasteiger partial charge in [0.1, 0.15) is 0 Å².